The maximum absolute atomic E-state index is 13.2. The van der Waals surface area contributed by atoms with E-state index in [0.29, 0.717) is 13.2 Å². The first-order valence-corrected chi connectivity index (χ1v) is 6.74. The Morgan fingerprint density at radius 1 is 1.26 bits per heavy atom. The first kappa shape index (κ1) is 16.1. The summed E-state index contributed by atoms with van der Waals surface area (Å²) in [7, 11) is 3.60. The van der Waals surface area contributed by atoms with Crippen molar-refractivity contribution in [3.8, 4) is 0 Å². The van der Waals surface area contributed by atoms with Crippen LogP contribution in [0.5, 0.6) is 0 Å². The zero-order valence-electron chi connectivity index (χ0n) is 11.8. The van der Waals surface area contributed by atoms with E-state index < -0.39 is 0 Å². The van der Waals surface area contributed by atoms with Crippen LogP contribution in [-0.4, -0.2) is 40.5 Å². The Kier molecular flexibility index (Phi) is 8.38. The Hall–Kier alpha value is -0.970. The van der Waals surface area contributed by atoms with Gasteiger partial charge in [0, 0.05) is 33.5 Å². The van der Waals surface area contributed by atoms with Gasteiger partial charge >= 0.3 is 0 Å². The molecule has 0 saturated heterocycles. The molecule has 0 radical (unpaired) electrons. The van der Waals surface area contributed by atoms with Crippen molar-refractivity contribution in [1.29, 1.82) is 0 Å². The number of benzene rings is 1. The van der Waals surface area contributed by atoms with Crippen LogP contribution < -0.4 is 5.32 Å². The number of halogens is 1. The zero-order chi connectivity index (χ0) is 13.9. The first-order chi connectivity index (χ1) is 9.27. The van der Waals surface area contributed by atoms with Gasteiger partial charge in [0.1, 0.15) is 5.82 Å². The Balaban J connectivity index is 2.36. The molecule has 0 aliphatic heterocycles. The van der Waals surface area contributed by atoms with Gasteiger partial charge in [0.25, 0.3) is 0 Å². The highest BCUT2D eigenvalue weighted by Crippen LogP contribution is 2.19. The highest BCUT2D eigenvalue weighted by molar-refractivity contribution is 5.21. The highest BCUT2D eigenvalue weighted by Gasteiger charge is 2.11. The minimum atomic E-state index is -0.181. The van der Waals surface area contributed by atoms with E-state index in [9.17, 15) is 4.39 Å². The van der Waals surface area contributed by atoms with Gasteiger partial charge in [-0.15, -0.1) is 0 Å². The summed E-state index contributed by atoms with van der Waals surface area (Å²) in [5.74, 6) is 0.0998. The van der Waals surface area contributed by atoms with E-state index in [2.05, 4.69) is 5.32 Å². The summed E-state index contributed by atoms with van der Waals surface area (Å²) < 4.78 is 23.8. The van der Waals surface area contributed by atoms with Gasteiger partial charge in [-0.1, -0.05) is 12.1 Å². The quantitative estimate of drug-likeness (QED) is 0.662. The molecule has 0 fully saturated rings. The van der Waals surface area contributed by atoms with E-state index in [-0.39, 0.29) is 11.7 Å². The Morgan fingerprint density at radius 2 is 2.11 bits per heavy atom. The molecule has 0 aliphatic rings. The van der Waals surface area contributed by atoms with Crippen LogP contribution in [0.2, 0.25) is 0 Å². The van der Waals surface area contributed by atoms with E-state index in [4.69, 9.17) is 9.47 Å². The van der Waals surface area contributed by atoms with Crippen LogP contribution in [0.25, 0.3) is 0 Å². The fourth-order valence-electron chi connectivity index (χ4n) is 2.03. The van der Waals surface area contributed by atoms with Gasteiger partial charge in [-0.2, -0.15) is 0 Å². The van der Waals surface area contributed by atoms with E-state index >= 15 is 0 Å². The second kappa shape index (κ2) is 9.89. The van der Waals surface area contributed by atoms with Gasteiger partial charge in [0.05, 0.1) is 0 Å². The van der Waals surface area contributed by atoms with Gasteiger partial charge in [0.15, 0.2) is 0 Å². The fraction of sp³-hybridized carbons (Fsp3) is 0.600. The number of hydrogen-bond donors (Lipinski definition) is 1. The third-order valence-electron chi connectivity index (χ3n) is 3.02. The van der Waals surface area contributed by atoms with Crippen molar-refractivity contribution >= 4 is 0 Å². The third-order valence-corrected chi connectivity index (χ3v) is 3.02. The summed E-state index contributed by atoms with van der Waals surface area (Å²) in [6.45, 7) is 2.95. The Labute approximate surface area is 115 Å². The zero-order valence-corrected chi connectivity index (χ0v) is 11.8. The number of likely N-dealkylation sites (N-methyl/N-ethyl adjacent to an activating group) is 1. The topological polar surface area (TPSA) is 30.5 Å². The summed E-state index contributed by atoms with van der Waals surface area (Å²) in [5.41, 5.74) is 1.02. The second-order valence-electron chi connectivity index (χ2n) is 4.56. The molecule has 1 unspecified atom stereocenters. The molecule has 19 heavy (non-hydrogen) atoms. The smallest absolute Gasteiger partial charge is 0.123 e. The van der Waals surface area contributed by atoms with Crippen molar-refractivity contribution in [2.75, 3.05) is 40.5 Å². The minimum absolute atomic E-state index is 0.181. The molecule has 0 aromatic heterocycles. The fourth-order valence-corrected chi connectivity index (χ4v) is 2.03. The monoisotopic (exact) mass is 269 g/mol. The van der Waals surface area contributed by atoms with E-state index in [1.807, 2.05) is 13.1 Å². The third kappa shape index (κ3) is 6.66. The van der Waals surface area contributed by atoms with Crippen LogP contribution >= 0.6 is 0 Å². The summed E-state index contributed by atoms with van der Waals surface area (Å²) in [4.78, 5) is 0. The van der Waals surface area contributed by atoms with Gasteiger partial charge < -0.3 is 14.8 Å². The SMILES string of the molecule is CNCC(CCOCCCOC)c1cccc(F)c1. The van der Waals surface area contributed by atoms with Crippen LogP contribution in [0.3, 0.4) is 0 Å². The van der Waals surface area contributed by atoms with Crippen LogP contribution in [-0.2, 0) is 9.47 Å². The molecule has 1 aromatic rings. The van der Waals surface area contributed by atoms with E-state index in [0.717, 1.165) is 31.6 Å². The van der Waals surface area contributed by atoms with Crippen LogP contribution in [0.15, 0.2) is 24.3 Å². The van der Waals surface area contributed by atoms with Crippen molar-refractivity contribution in [2.45, 2.75) is 18.8 Å². The van der Waals surface area contributed by atoms with Crippen molar-refractivity contribution in [2.24, 2.45) is 0 Å². The molecule has 3 nitrogen and oxygen atoms in total. The predicted octanol–water partition coefficient (Wildman–Crippen LogP) is 2.57. The van der Waals surface area contributed by atoms with E-state index in [1.54, 1.807) is 19.2 Å². The molecule has 1 atom stereocenters. The molecule has 1 rings (SSSR count). The van der Waals surface area contributed by atoms with Crippen LogP contribution in [0.4, 0.5) is 4.39 Å². The van der Waals surface area contributed by atoms with Crippen molar-refractivity contribution in [3.05, 3.63) is 35.6 Å². The highest BCUT2D eigenvalue weighted by atomic mass is 19.1. The standard InChI is InChI=1S/C15H24FNO2/c1-17-12-14(7-10-19-9-4-8-18-2)13-5-3-6-15(16)11-13/h3,5-6,11,14,17H,4,7-10,12H2,1-2H3. The molecule has 108 valence electrons. The molecule has 1 aromatic carbocycles. The number of methoxy groups -OCH3 is 1. The molecule has 0 amide bonds. The van der Waals surface area contributed by atoms with Crippen molar-refractivity contribution < 1.29 is 13.9 Å². The lowest BCUT2D eigenvalue weighted by Crippen LogP contribution is -2.19. The number of nitrogens with one attached hydrogen (secondary N) is 1. The summed E-state index contributed by atoms with van der Waals surface area (Å²) in [6.07, 6.45) is 1.80. The molecule has 0 spiro atoms. The number of ether oxygens (including phenoxy) is 2. The predicted molar refractivity (Wildman–Crippen MR) is 75.0 cm³/mol. The maximum atomic E-state index is 13.2. The van der Waals surface area contributed by atoms with Crippen LogP contribution in [0.1, 0.15) is 24.3 Å². The molecule has 0 heterocycles. The largest absolute Gasteiger partial charge is 0.385 e. The summed E-state index contributed by atoms with van der Waals surface area (Å²) in [5, 5.41) is 3.15. The maximum Gasteiger partial charge on any atom is 0.123 e. The molecule has 0 aliphatic carbocycles. The lowest BCUT2D eigenvalue weighted by Gasteiger charge is -2.17. The lowest BCUT2D eigenvalue weighted by molar-refractivity contribution is 0.0981. The van der Waals surface area contributed by atoms with Crippen LogP contribution in [0, 0.1) is 5.82 Å². The molecule has 1 N–H and O–H groups in total. The Bertz CT molecular complexity index is 347. The van der Waals surface area contributed by atoms with Crippen molar-refractivity contribution in [3.63, 3.8) is 0 Å². The van der Waals surface area contributed by atoms with Gasteiger partial charge in [0.2, 0.25) is 0 Å². The minimum Gasteiger partial charge on any atom is -0.385 e. The molecular weight excluding hydrogens is 245 g/mol. The summed E-state index contributed by atoms with van der Waals surface area (Å²) in [6, 6.07) is 6.80. The Morgan fingerprint density at radius 3 is 2.79 bits per heavy atom. The van der Waals surface area contributed by atoms with Crippen molar-refractivity contribution in [1.82, 2.24) is 5.32 Å². The summed E-state index contributed by atoms with van der Waals surface area (Å²) >= 11 is 0. The molecular formula is C15H24FNO2. The number of hydrogen-bond acceptors (Lipinski definition) is 3. The van der Waals surface area contributed by atoms with Gasteiger partial charge in [-0.25, -0.2) is 4.39 Å². The first-order valence-electron chi connectivity index (χ1n) is 6.74. The number of rotatable bonds is 10. The molecule has 0 bridgehead atoms. The normalized spacial score (nSPS) is 12.6. The van der Waals surface area contributed by atoms with Gasteiger partial charge in [-0.05, 0) is 43.5 Å². The molecule has 0 saturated carbocycles. The lowest BCUT2D eigenvalue weighted by atomic mass is 9.96. The van der Waals surface area contributed by atoms with E-state index in [1.165, 1.54) is 6.07 Å². The second-order valence-corrected chi connectivity index (χ2v) is 4.56. The average Bonchev–Trinajstić information content (AvgIpc) is 2.41. The van der Waals surface area contributed by atoms with Gasteiger partial charge in [-0.3, -0.25) is 0 Å². The average molecular weight is 269 g/mol. The molecule has 4 heteroatoms.